The summed E-state index contributed by atoms with van der Waals surface area (Å²) in [7, 11) is 1.95. The van der Waals surface area contributed by atoms with Crippen molar-refractivity contribution >= 4 is 5.82 Å². The molecule has 0 aliphatic rings. The van der Waals surface area contributed by atoms with Gasteiger partial charge in [-0.2, -0.15) is 0 Å². The first kappa shape index (κ1) is 12.9. The van der Waals surface area contributed by atoms with E-state index in [9.17, 15) is 0 Å². The summed E-state index contributed by atoms with van der Waals surface area (Å²) in [6.45, 7) is 4.82. The number of nitrogens with two attached hydrogens (primary N) is 1. The summed E-state index contributed by atoms with van der Waals surface area (Å²) in [5.74, 6) is 0.566. The number of nitrogens with one attached hydrogen (secondary N) is 1. The van der Waals surface area contributed by atoms with Crippen LogP contribution in [-0.2, 0) is 11.2 Å². The highest BCUT2D eigenvalue weighted by Gasteiger charge is 2.15. The Morgan fingerprint density at radius 3 is 2.88 bits per heavy atom. The Morgan fingerprint density at radius 2 is 2.31 bits per heavy atom. The molecule has 0 aromatic carbocycles. The third-order valence-electron chi connectivity index (χ3n) is 2.67. The Bertz CT molecular complexity index is 317. The Morgan fingerprint density at radius 1 is 1.56 bits per heavy atom. The average Bonchev–Trinajstić information content (AvgIpc) is 2.26. The molecule has 4 heteroatoms. The quantitative estimate of drug-likeness (QED) is 0.761. The molecule has 0 aliphatic carbocycles. The Labute approximate surface area is 97.2 Å². The van der Waals surface area contributed by atoms with Gasteiger partial charge in [-0.25, -0.2) is 4.98 Å². The van der Waals surface area contributed by atoms with Crippen LogP contribution in [0.15, 0.2) is 18.3 Å². The van der Waals surface area contributed by atoms with Crippen LogP contribution in [0, 0.1) is 0 Å². The van der Waals surface area contributed by atoms with Gasteiger partial charge in [0, 0.05) is 18.8 Å². The molecule has 1 rings (SSSR count). The van der Waals surface area contributed by atoms with Crippen molar-refractivity contribution in [3.8, 4) is 0 Å². The lowest BCUT2D eigenvalue weighted by Crippen LogP contribution is -2.39. The highest BCUT2D eigenvalue weighted by atomic mass is 16.5. The highest BCUT2D eigenvalue weighted by Crippen LogP contribution is 2.10. The molecule has 0 radical (unpaired) electrons. The minimum atomic E-state index is 0.185. The van der Waals surface area contributed by atoms with Crippen LogP contribution in [0.3, 0.4) is 0 Å². The van der Waals surface area contributed by atoms with E-state index in [-0.39, 0.29) is 6.10 Å². The fourth-order valence-corrected chi connectivity index (χ4v) is 1.76. The van der Waals surface area contributed by atoms with Crippen molar-refractivity contribution in [3.05, 3.63) is 23.9 Å². The normalized spacial score (nSPS) is 14.7. The van der Waals surface area contributed by atoms with Crippen LogP contribution in [-0.4, -0.2) is 30.8 Å². The van der Waals surface area contributed by atoms with Crippen LogP contribution in [0.5, 0.6) is 0 Å². The lowest BCUT2D eigenvalue weighted by atomic mass is 10.0. The van der Waals surface area contributed by atoms with Crippen LogP contribution in [0.1, 0.15) is 19.4 Å². The zero-order chi connectivity index (χ0) is 12.0. The second-order valence-corrected chi connectivity index (χ2v) is 3.85. The monoisotopic (exact) mass is 223 g/mol. The molecule has 0 fully saturated rings. The second-order valence-electron chi connectivity index (χ2n) is 3.85. The van der Waals surface area contributed by atoms with E-state index in [1.54, 1.807) is 6.20 Å². The molecule has 1 aromatic heterocycles. The topological polar surface area (TPSA) is 60.2 Å². The molecule has 2 unspecified atom stereocenters. The number of rotatable bonds is 6. The van der Waals surface area contributed by atoms with Gasteiger partial charge in [-0.3, -0.25) is 0 Å². The fourth-order valence-electron chi connectivity index (χ4n) is 1.76. The summed E-state index contributed by atoms with van der Waals surface area (Å²) in [4.78, 5) is 3.98. The summed E-state index contributed by atoms with van der Waals surface area (Å²) in [6, 6.07) is 4.18. The van der Waals surface area contributed by atoms with Gasteiger partial charge in [0.05, 0.1) is 6.10 Å². The number of aromatic nitrogens is 1. The molecule has 1 aromatic rings. The SMILES string of the molecule is CCOC(C)C(Cc1ccnc(N)c1)NC. The number of nitrogen functional groups attached to an aromatic ring is 1. The van der Waals surface area contributed by atoms with E-state index in [0.29, 0.717) is 11.9 Å². The lowest BCUT2D eigenvalue weighted by Gasteiger charge is -2.23. The molecular formula is C12H21N3O. The maximum atomic E-state index is 5.65. The minimum Gasteiger partial charge on any atom is -0.384 e. The van der Waals surface area contributed by atoms with Crippen LogP contribution >= 0.6 is 0 Å². The van der Waals surface area contributed by atoms with Gasteiger partial charge < -0.3 is 15.8 Å². The number of hydrogen-bond donors (Lipinski definition) is 2. The summed E-state index contributed by atoms with van der Waals surface area (Å²) in [5, 5.41) is 3.27. The van der Waals surface area contributed by atoms with E-state index >= 15 is 0 Å². The van der Waals surface area contributed by atoms with Crippen LogP contribution in [0.2, 0.25) is 0 Å². The second kappa shape index (κ2) is 6.45. The molecule has 90 valence electrons. The number of hydrogen-bond acceptors (Lipinski definition) is 4. The van der Waals surface area contributed by atoms with Gasteiger partial charge >= 0.3 is 0 Å². The van der Waals surface area contributed by atoms with E-state index in [1.165, 1.54) is 5.56 Å². The molecule has 0 aliphatic heterocycles. The summed E-state index contributed by atoms with van der Waals surface area (Å²) in [5.41, 5.74) is 6.83. The third-order valence-corrected chi connectivity index (χ3v) is 2.67. The van der Waals surface area contributed by atoms with Crippen LogP contribution < -0.4 is 11.1 Å². The molecule has 0 bridgehead atoms. The van der Waals surface area contributed by atoms with E-state index in [0.717, 1.165) is 13.0 Å². The van der Waals surface area contributed by atoms with Crippen molar-refractivity contribution in [3.63, 3.8) is 0 Å². The van der Waals surface area contributed by atoms with Gasteiger partial charge in [0.25, 0.3) is 0 Å². The first-order valence-electron chi connectivity index (χ1n) is 5.66. The van der Waals surface area contributed by atoms with Gasteiger partial charge in [-0.15, -0.1) is 0 Å². The molecule has 0 spiro atoms. The fraction of sp³-hybridized carbons (Fsp3) is 0.583. The van der Waals surface area contributed by atoms with E-state index < -0.39 is 0 Å². The summed E-state index contributed by atoms with van der Waals surface area (Å²) < 4.78 is 5.59. The first-order chi connectivity index (χ1) is 7.67. The number of pyridine rings is 1. The zero-order valence-corrected chi connectivity index (χ0v) is 10.2. The summed E-state index contributed by atoms with van der Waals surface area (Å²) >= 11 is 0. The zero-order valence-electron chi connectivity index (χ0n) is 10.2. The Hall–Kier alpha value is -1.13. The van der Waals surface area contributed by atoms with Gasteiger partial charge in [0.1, 0.15) is 5.82 Å². The molecule has 2 atom stereocenters. The van der Waals surface area contributed by atoms with Crippen molar-refractivity contribution in [2.24, 2.45) is 0 Å². The Balaban J connectivity index is 2.62. The largest absolute Gasteiger partial charge is 0.384 e. The average molecular weight is 223 g/mol. The van der Waals surface area contributed by atoms with Crippen molar-refractivity contribution in [1.82, 2.24) is 10.3 Å². The van der Waals surface area contributed by atoms with Gasteiger partial charge in [0.2, 0.25) is 0 Å². The smallest absolute Gasteiger partial charge is 0.123 e. The van der Waals surface area contributed by atoms with E-state index in [4.69, 9.17) is 10.5 Å². The number of ether oxygens (including phenoxy) is 1. The number of nitrogens with zero attached hydrogens (tertiary/aromatic N) is 1. The Kier molecular flexibility index (Phi) is 5.22. The predicted octanol–water partition coefficient (Wildman–Crippen LogP) is 1.22. The molecule has 16 heavy (non-hydrogen) atoms. The highest BCUT2D eigenvalue weighted by molar-refractivity contribution is 5.32. The minimum absolute atomic E-state index is 0.185. The first-order valence-corrected chi connectivity index (χ1v) is 5.66. The van der Waals surface area contributed by atoms with Crippen molar-refractivity contribution in [2.75, 3.05) is 19.4 Å². The van der Waals surface area contributed by atoms with Crippen LogP contribution in [0.25, 0.3) is 0 Å². The van der Waals surface area contributed by atoms with Crippen molar-refractivity contribution in [2.45, 2.75) is 32.4 Å². The molecule has 4 nitrogen and oxygen atoms in total. The van der Waals surface area contributed by atoms with E-state index in [2.05, 4.69) is 17.2 Å². The molecule has 0 saturated heterocycles. The maximum Gasteiger partial charge on any atom is 0.123 e. The van der Waals surface area contributed by atoms with Crippen LogP contribution in [0.4, 0.5) is 5.82 Å². The lowest BCUT2D eigenvalue weighted by molar-refractivity contribution is 0.0497. The molecule has 3 N–H and O–H groups in total. The third kappa shape index (κ3) is 3.79. The number of anilines is 1. The molecule has 0 amide bonds. The standard InChI is InChI=1S/C12H21N3O/c1-4-16-9(2)11(14-3)7-10-5-6-15-12(13)8-10/h5-6,8-9,11,14H,4,7H2,1-3H3,(H2,13,15). The summed E-state index contributed by atoms with van der Waals surface area (Å²) in [6.07, 6.45) is 2.82. The van der Waals surface area contributed by atoms with Gasteiger partial charge in [0.15, 0.2) is 0 Å². The van der Waals surface area contributed by atoms with E-state index in [1.807, 2.05) is 26.1 Å². The molecule has 1 heterocycles. The maximum absolute atomic E-state index is 5.65. The molecular weight excluding hydrogens is 202 g/mol. The molecule has 0 saturated carbocycles. The number of likely N-dealkylation sites (N-methyl/N-ethyl adjacent to an activating group) is 1. The van der Waals surface area contributed by atoms with Crippen molar-refractivity contribution in [1.29, 1.82) is 0 Å². The van der Waals surface area contributed by atoms with Gasteiger partial charge in [-0.05, 0) is 45.0 Å². The van der Waals surface area contributed by atoms with Gasteiger partial charge in [-0.1, -0.05) is 0 Å². The predicted molar refractivity (Wildman–Crippen MR) is 66.3 cm³/mol. The van der Waals surface area contributed by atoms with Crippen molar-refractivity contribution < 1.29 is 4.74 Å².